The summed E-state index contributed by atoms with van der Waals surface area (Å²) < 4.78 is 0. The summed E-state index contributed by atoms with van der Waals surface area (Å²) >= 11 is 8.01. The molecule has 0 spiro atoms. The minimum Gasteiger partial charge on any atom is -0.480 e. The maximum absolute atomic E-state index is 11.8. The molecule has 1 aliphatic rings. The van der Waals surface area contributed by atoms with Crippen LogP contribution in [0.4, 0.5) is 0 Å². The maximum atomic E-state index is 11.8. The van der Waals surface area contributed by atoms with Crippen molar-refractivity contribution >= 4 is 28.9 Å². The average Bonchev–Trinajstić information content (AvgIpc) is 2.80. The van der Waals surface area contributed by atoms with Crippen molar-refractivity contribution in [3.8, 4) is 0 Å². The molecule has 0 fully saturated rings. The Hall–Kier alpha value is -1.36. The second-order valence-electron chi connectivity index (χ2n) is 5.29. The van der Waals surface area contributed by atoms with Crippen LogP contribution in [0.5, 0.6) is 0 Å². The zero-order valence-electron chi connectivity index (χ0n) is 11.7. The molecule has 2 aromatic rings. The lowest BCUT2D eigenvalue weighted by atomic mass is 10.0. The Kier molecular flexibility index (Phi) is 4.02. The van der Waals surface area contributed by atoms with E-state index in [9.17, 15) is 9.90 Å². The number of halogens is 1. The number of hydrogen-bond acceptors (Lipinski definition) is 3. The molecule has 1 atom stereocenters. The zero-order valence-corrected chi connectivity index (χ0v) is 13.2. The molecule has 0 unspecified atom stereocenters. The van der Waals surface area contributed by atoms with Crippen LogP contribution in [0, 0.1) is 6.92 Å². The van der Waals surface area contributed by atoms with Crippen LogP contribution in [0.25, 0.3) is 0 Å². The third kappa shape index (κ3) is 2.84. The molecule has 0 radical (unpaired) electrons. The number of carboxylic acid groups (broad SMARTS) is 1. The van der Waals surface area contributed by atoms with E-state index in [4.69, 9.17) is 11.6 Å². The second-order valence-corrected chi connectivity index (χ2v) is 7.04. The molecule has 3 nitrogen and oxygen atoms in total. The first-order valence-electron chi connectivity index (χ1n) is 6.85. The predicted molar refractivity (Wildman–Crippen MR) is 85.0 cm³/mol. The Bertz CT molecular complexity index is 683. The summed E-state index contributed by atoms with van der Waals surface area (Å²) in [6, 6.07) is 8.68. The van der Waals surface area contributed by atoms with Crippen LogP contribution in [0.1, 0.15) is 26.9 Å². The smallest absolute Gasteiger partial charge is 0.325 e. The number of hydrogen-bond donors (Lipinski definition) is 1. The Morgan fingerprint density at radius 1 is 1.43 bits per heavy atom. The van der Waals surface area contributed by atoms with Crippen LogP contribution >= 0.6 is 22.9 Å². The Balaban J connectivity index is 1.93. The molecular formula is C16H16ClNO2S. The fourth-order valence-electron chi connectivity index (χ4n) is 2.91. The van der Waals surface area contributed by atoms with E-state index in [2.05, 4.69) is 13.0 Å². The van der Waals surface area contributed by atoms with E-state index >= 15 is 0 Å². The number of rotatable bonds is 3. The molecule has 0 saturated carbocycles. The number of fused-ring (bicyclic) bond motifs is 1. The van der Waals surface area contributed by atoms with Gasteiger partial charge in [-0.25, -0.2) is 0 Å². The number of benzene rings is 1. The number of carbonyl (C=O) groups is 1. The van der Waals surface area contributed by atoms with Gasteiger partial charge in [-0.15, -0.1) is 11.3 Å². The van der Waals surface area contributed by atoms with Gasteiger partial charge in [-0.2, -0.15) is 0 Å². The van der Waals surface area contributed by atoms with Crippen LogP contribution in [0.2, 0.25) is 5.02 Å². The van der Waals surface area contributed by atoms with Gasteiger partial charge in [0.2, 0.25) is 0 Å². The quantitative estimate of drug-likeness (QED) is 0.932. The second kappa shape index (κ2) is 5.79. The minimum atomic E-state index is -0.849. The van der Waals surface area contributed by atoms with Crippen molar-refractivity contribution in [2.45, 2.75) is 25.9 Å². The monoisotopic (exact) mass is 321 g/mol. The summed E-state index contributed by atoms with van der Waals surface area (Å²) in [6.07, 6.45) is 0.905. The first-order valence-corrected chi connectivity index (χ1v) is 8.05. The van der Waals surface area contributed by atoms with E-state index in [-0.39, 0.29) is 0 Å². The standard InChI is InChI=1S/C16H16ClNO2S/c1-10-8-11-9-18(7-6-14(11)21-10)15(16(19)20)12-4-2-3-5-13(12)17/h2-5,8,15H,6-7,9H2,1H3,(H,19,20)/t15-/m1/s1. The summed E-state index contributed by atoms with van der Waals surface area (Å²) in [5.41, 5.74) is 1.92. The van der Waals surface area contributed by atoms with Gasteiger partial charge in [0.1, 0.15) is 6.04 Å². The van der Waals surface area contributed by atoms with Crippen molar-refractivity contribution in [1.82, 2.24) is 4.90 Å². The molecule has 1 aliphatic heterocycles. The van der Waals surface area contributed by atoms with Crippen molar-refractivity contribution in [3.63, 3.8) is 0 Å². The van der Waals surface area contributed by atoms with Gasteiger partial charge < -0.3 is 5.11 Å². The van der Waals surface area contributed by atoms with Gasteiger partial charge in [0.15, 0.2) is 0 Å². The summed E-state index contributed by atoms with van der Waals surface area (Å²) in [4.78, 5) is 16.4. The maximum Gasteiger partial charge on any atom is 0.325 e. The van der Waals surface area contributed by atoms with Crippen LogP contribution in [-0.2, 0) is 17.8 Å². The molecule has 2 heterocycles. The van der Waals surface area contributed by atoms with Crippen molar-refractivity contribution in [2.24, 2.45) is 0 Å². The van der Waals surface area contributed by atoms with E-state index in [0.29, 0.717) is 17.1 Å². The third-order valence-corrected chi connectivity index (χ3v) is 5.31. The van der Waals surface area contributed by atoms with E-state index < -0.39 is 12.0 Å². The van der Waals surface area contributed by atoms with E-state index in [1.54, 1.807) is 12.1 Å². The molecule has 3 rings (SSSR count). The van der Waals surface area contributed by atoms with E-state index in [1.807, 2.05) is 28.4 Å². The number of aliphatic carboxylic acids is 1. The summed E-state index contributed by atoms with van der Waals surface area (Å²) in [7, 11) is 0. The Morgan fingerprint density at radius 2 is 2.19 bits per heavy atom. The highest BCUT2D eigenvalue weighted by Gasteiger charge is 2.32. The Morgan fingerprint density at radius 3 is 2.90 bits per heavy atom. The van der Waals surface area contributed by atoms with Gasteiger partial charge in [0.05, 0.1) is 0 Å². The molecule has 0 aliphatic carbocycles. The lowest BCUT2D eigenvalue weighted by Crippen LogP contribution is -2.37. The molecule has 1 aromatic heterocycles. The number of nitrogens with zero attached hydrogens (tertiary/aromatic N) is 1. The van der Waals surface area contributed by atoms with Crippen molar-refractivity contribution in [2.75, 3.05) is 6.54 Å². The van der Waals surface area contributed by atoms with Crippen LogP contribution < -0.4 is 0 Å². The first-order chi connectivity index (χ1) is 10.1. The van der Waals surface area contributed by atoms with Crippen LogP contribution in [0.3, 0.4) is 0 Å². The fraction of sp³-hybridized carbons (Fsp3) is 0.312. The van der Waals surface area contributed by atoms with Crippen LogP contribution in [-0.4, -0.2) is 22.5 Å². The molecule has 1 N–H and O–H groups in total. The predicted octanol–water partition coefficient (Wildman–Crippen LogP) is 3.89. The average molecular weight is 322 g/mol. The molecule has 0 bridgehead atoms. The molecular weight excluding hydrogens is 306 g/mol. The van der Waals surface area contributed by atoms with E-state index in [1.165, 1.54) is 15.3 Å². The van der Waals surface area contributed by atoms with Crippen molar-refractivity contribution in [3.05, 3.63) is 56.2 Å². The largest absolute Gasteiger partial charge is 0.480 e. The van der Waals surface area contributed by atoms with Gasteiger partial charge in [-0.05, 0) is 36.6 Å². The fourth-order valence-corrected chi connectivity index (χ4v) is 4.18. The third-order valence-electron chi connectivity index (χ3n) is 3.82. The normalized spacial score (nSPS) is 16.5. The molecule has 0 saturated heterocycles. The van der Waals surface area contributed by atoms with Gasteiger partial charge in [-0.1, -0.05) is 29.8 Å². The molecule has 21 heavy (non-hydrogen) atoms. The lowest BCUT2D eigenvalue weighted by Gasteiger charge is -2.32. The SMILES string of the molecule is Cc1cc2c(s1)CCN([C@@H](C(=O)O)c1ccccc1Cl)C2. The molecule has 1 aromatic carbocycles. The molecule has 5 heteroatoms. The summed E-state index contributed by atoms with van der Waals surface area (Å²) in [5.74, 6) is -0.849. The van der Waals surface area contributed by atoms with Gasteiger partial charge in [-0.3, -0.25) is 9.69 Å². The zero-order chi connectivity index (χ0) is 15.0. The van der Waals surface area contributed by atoms with Gasteiger partial charge in [0, 0.05) is 27.9 Å². The Labute approximate surface area is 132 Å². The van der Waals surface area contributed by atoms with Crippen LogP contribution in [0.15, 0.2) is 30.3 Å². The molecule has 110 valence electrons. The summed E-state index contributed by atoms with van der Waals surface area (Å²) in [5, 5.41) is 10.2. The number of aryl methyl sites for hydroxylation is 1. The van der Waals surface area contributed by atoms with Gasteiger partial charge >= 0.3 is 5.97 Å². The number of thiophene rings is 1. The molecule has 0 amide bonds. The van der Waals surface area contributed by atoms with E-state index in [0.717, 1.165) is 13.0 Å². The van der Waals surface area contributed by atoms with Crippen molar-refractivity contribution in [1.29, 1.82) is 0 Å². The first kappa shape index (κ1) is 14.6. The van der Waals surface area contributed by atoms with Crippen molar-refractivity contribution < 1.29 is 9.90 Å². The van der Waals surface area contributed by atoms with Gasteiger partial charge in [0.25, 0.3) is 0 Å². The minimum absolute atomic E-state index is 0.511. The highest BCUT2D eigenvalue weighted by Crippen LogP contribution is 2.34. The number of carboxylic acids is 1. The highest BCUT2D eigenvalue weighted by molar-refractivity contribution is 7.12. The highest BCUT2D eigenvalue weighted by atomic mass is 35.5. The lowest BCUT2D eigenvalue weighted by molar-refractivity contribution is -0.144. The summed E-state index contributed by atoms with van der Waals surface area (Å²) in [6.45, 7) is 3.51. The topological polar surface area (TPSA) is 40.5 Å².